The smallest absolute Gasteiger partial charge is 0.390 e. The van der Waals surface area contributed by atoms with E-state index in [1.165, 1.54) is 6.92 Å². The Balaban J connectivity index is 3.13. The molecule has 0 fully saturated rings. The average Bonchev–Trinajstić information content (AvgIpc) is 2.11. The van der Waals surface area contributed by atoms with E-state index in [4.69, 9.17) is 11.6 Å². The normalized spacial score (nSPS) is 11.5. The molecule has 0 atom stereocenters. The van der Waals surface area contributed by atoms with Crippen molar-refractivity contribution in [3.63, 3.8) is 0 Å². The number of rotatable bonds is 2. The minimum atomic E-state index is -4.82. The molecule has 1 aromatic rings. The monoisotopic (exact) mass is 241 g/mol. The maximum absolute atomic E-state index is 11.9. The van der Waals surface area contributed by atoms with Crippen LogP contribution in [-0.2, 0) is 5.88 Å². The molecule has 84 valence electrons. The van der Waals surface area contributed by atoms with E-state index in [9.17, 15) is 18.0 Å². The van der Waals surface area contributed by atoms with Crippen molar-refractivity contribution >= 4 is 11.6 Å². The summed E-state index contributed by atoms with van der Waals surface area (Å²) in [7, 11) is 0. The van der Waals surface area contributed by atoms with Crippen molar-refractivity contribution in [3.8, 4) is 5.88 Å². The van der Waals surface area contributed by atoms with Gasteiger partial charge in [0, 0.05) is 11.8 Å². The van der Waals surface area contributed by atoms with E-state index in [-0.39, 0.29) is 17.0 Å². The first-order valence-corrected chi connectivity index (χ1v) is 4.41. The Hall–Kier alpha value is -1.17. The maximum atomic E-state index is 11.9. The maximum Gasteiger partial charge on any atom is 0.574 e. The van der Waals surface area contributed by atoms with Crippen LogP contribution in [0, 0.1) is 6.92 Å². The van der Waals surface area contributed by atoms with Crippen molar-refractivity contribution in [2.45, 2.75) is 19.2 Å². The van der Waals surface area contributed by atoms with E-state index >= 15 is 0 Å². The van der Waals surface area contributed by atoms with E-state index in [0.29, 0.717) is 0 Å². The second-order valence-electron chi connectivity index (χ2n) is 2.78. The van der Waals surface area contributed by atoms with Crippen molar-refractivity contribution in [1.82, 2.24) is 4.98 Å². The van der Waals surface area contributed by atoms with Crippen molar-refractivity contribution in [3.05, 3.63) is 27.5 Å². The topological polar surface area (TPSA) is 42.1 Å². The van der Waals surface area contributed by atoms with Crippen molar-refractivity contribution in [2.24, 2.45) is 0 Å². The lowest BCUT2D eigenvalue weighted by atomic mass is 10.2. The third-order valence-corrected chi connectivity index (χ3v) is 2.00. The lowest BCUT2D eigenvalue weighted by Gasteiger charge is -2.10. The zero-order valence-electron chi connectivity index (χ0n) is 7.61. The summed E-state index contributed by atoms with van der Waals surface area (Å²) in [6.07, 6.45) is -3.72. The zero-order valence-corrected chi connectivity index (χ0v) is 8.37. The number of alkyl halides is 4. The van der Waals surface area contributed by atoms with Crippen LogP contribution in [0.2, 0.25) is 0 Å². The quantitative estimate of drug-likeness (QED) is 0.808. The predicted octanol–water partition coefficient (Wildman–Crippen LogP) is 2.32. The van der Waals surface area contributed by atoms with Gasteiger partial charge in [-0.3, -0.25) is 4.79 Å². The number of ether oxygens (including phenoxy) is 1. The van der Waals surface area contributed by atoms with Gasteiger partial charge >= 0.3 is 6.36 Å². The molecule has 0 unspecified atom stereocenters. The third-order valence-electron chi connectivity index (χ3n) is 1.71. The van der Waals surface area contributed by atoms with Gasteiger partial charge in [0.25, 0.3) is 0 Å². The van der Waals surface area contributed by atoms with Gasteiger partial charge in [0.15, 0.2) is 5.43 Å². The van der Waals surface area contributed by atoms with Crippen molar-refractivity contribution < 1.29 is 17.9 Å². The molecule has 0 saturated carbocycles. The first-order chi connectivity index (χ1) is 6.85. The minimum absolute atomic E-state index is 0.0670. The molecule has 0 radical (unpaired) electrons. The number of H-pyrrole nitrogens is 1. The summed E-state index contributed by atoms with van der Waals surface area (Å²) in [6.45, 7) is 1.23. The highest BCUT2D eigenvalue weighted by Gasteiger charge is 2.32. The molecule has 1 N–H and O–H groups in total. The van der Waals surface area contributed by atoms with Gasteiger partial charge < -0.3 is 9.72 Å². The van der Waals surface area contributed by atoms with Gasteiger partial charge in [-0.1, -0.05) is 0 Å². The molecule has 1 heterocycles. The van der Waals surface area contributed by atoms with Crippen LogP contribution in [0.3, 0.4) is 0 Å². The number of pyridine rings is 1. The lowest BCUT2D eigenvalue weighted by molar-refractivity contribution is -0.276. The summed E-state index contributed by atoms with van der Waals surface area (Å²) in [6, 6.07) is 0. The van der Waals surface area contributed by atoms with Crippen LogP contribution in [0.5, 0.6) is 5.88 Å². The number of hydrogen-bond acceptors (Lipinski definition) is 2. The molecule has 1 rings (SSSR count). The second-order valence-corrected chi connectivity index (χ2v) is 3.05. The van der Waals surface area contributed by atoms with E-state index in [2.05, 4.69) is 9.72 Å². The summed E-state index contributed by atoms with van der Waals surface area (Å²) in [4.78, 5) is 13.6. The van der Waals surface area contributed by atoms with E-state index in [1.807, 2.05) is 0 Å². The van der Waals surface area contributed by atoms with Crippen molar-refractivity contribution in [2.75, 3.05) is 0 Å². The highest BCUT2D eigenvalue weighted by atomic mass is 35.5. The summed E-state index contributed by atoms with van der Waals surface area (Å²) < 4.78 is 39.2. The molecule has 0 saturated heterocycles. The van der Waals surface area contributed by atoms with Crippen LogP contribution in [0.25, 0.3) is 0 Å². The number of aromatic nitrogens is 1. The van der Waals surface area contributed by atoms with Crippen LogP contribution in [0.15, 0.2) is 11.0 Å². The highest BCUT2D eigenvalue weighted by Crippen LogP contribution is 2.22. The molecule has 15 heavy (non-hydrogen) atoms. The standard InChI is InChI=1S/C8H7ClF3NO2/c1-4-6(14)5(2-9)3-13-7(4)15-8(10,11)12/h3H,2H2,1H3,(H,13,14). The van der Waals surface area contributed by atoms with Crippen LogP contribution in [-0.4, -0.2) is 11.3 Å². The fraction of sp³-hybridized carbons (Fsp3) is 0.375. The molecule has 0 aromatic carbocycles. The third kappa shape index (κ3) is 2.89. The Morgan fingerprint density at radius 1 is 1.53 bits per heavy atom. The van der Waals surface area contributed by atoms with E-state index in [1.54, 1.807) is 0 Å². The minimum Gasteiger partial charge on any atom is -0.390 e. The van der Waals surface area contributed by atoms with Gasteiger partial charge in [0.05, 0.1) is 11.4 Å². The summed E-state index contributed by atoms with van der Waals surface area (Å²) in [5.74, 6) is -0.677. The molecule has 0 amide bonds. The van der Waals surface area contributed by atoms with E-state index < -0.39 is 17.7 Å². The Kier molecular flexibility index (Phi) is 3.28. The van der Waals surface area contributed by atoms with Gasteiger partial charge in [-0.15, -0.1) is 24.8 Å². The molecule has 0 aliphatic carbocycles. The van der Waals surface area contributed by atoms with Crippen molar-refractivity contribution in [1.29, 1.82) is 0 Å². The number of halogens is 4. The SMILES string of the molecule is Cc1c(OC(F)(F)F)[nH]cc(CCl)c1=O. The van der Waals surface area contributed by atoms with Gasteiger partial charge in [-0.25, -0.2) is 0 Å². The first kappa shape index (κ1) is 11.9. The van der Waals surface area contributed by atoms with Gasteiger partial charge in [-0.05, 0) is 6.92 Å². The number of aromatic amines is 1. The second kappa shape index (κ2) is 4.14. The average molecular weight is 242 g/mol. The largest absolute Gasteiger partial charge is 0.574 e. The number of nitrogens with one attached hydrogen (secondary N) is 1. The highest BCUT2D eigenvalue weighted by molar-refractivity contribution is 6.17. The Morgan fingerprint density at radius 2 is 2.13 bits per heavy atom. The Morgan fingerprint density at radius 3 is 2.60 bits per heavy atom. The van der Waals surface area contributed by atoms with Crippen LogP contribution < -0.4 is 10.2 Å². The lowest BCUT2D eigenvalue weighted by Crippen LogP contribution is -2.22. The summed E-state index contributed by atoms with van der Waals surface area (Å²) in [5.41, 5.74) is -0.503. The molecule has 3 nitrogen and oxygen atoms in total. The summed E-state index contributed by atoms with van der Waals surface area (Å²) >= 11 is 5.41. The Labute approximate surface area is 87.8 Å². The first-order valence-electron chi connectivity index (χ1n) is 3.88. The number of hydrogen-bond donors (Lipinski definition) is 1. The molecular weight excluding hydrogens is 235 g/mol. The molecule has 0 spiro atoms. The molecule has 0 bridgehead atoms. The fourth-order valence-electron chi connectivity index (χ4n) is 0.991. The molecule has 1 aromatic heterocycles. The van der Waals surface area contributed by atoms with Crippen LogP contribution in [0.1, 0.15) is 11.1 Å². The molecular formula is C8H7ClF3NO2. The predicted molar refractivity (Wildman–Crippen MR) is 48.0 cm³/mol. The fourth-order valence-corrected chi connectivity index (χ4v) is 1.19. The van der Waals surface area contributed by atoms with Gasteiger partial charge in [0.1, 0.15) is 0 Å². The van der Waals surface area contributed by atoms with Gasteiger partial charge in [0.2, 0.25) is 5.88 Å². The van der Waals surface area contributed by atoms with Crippen LogP contribution >= 0.6 is 11.6 Å². The molecule has 0 aliphatic rings. The van der Waals surface area contributed by atoms with Gasteiger partial charge in [-0.2, -0.15) is 0 Å². The zero-order chi connectivity index (χ0) is 11.6. The summed E-state index contributed by atoms with van der Waals surface area (Å²) in [5, 5.41) is 0. The van der Waals surface area contributed by atoms with Crippen LogP contribution in [0.4, 0.5) is 13.2 Å². The van der Waals surface area contributed by atoms with E-state index in [0.717, 1.165) is 6.20 Å². The molecule has 0 aliphatic heterocycles. The Bertz CT molecular complexity index is 413. The molecule has 7 heteroatoms.